The van der Waals surface area contributed by atoms with E-state index in [2.05, 4.69) is 10.3 Å². The Morgan fingerprint density at radius 1 is 1.00 bits per heavy atom. The van der Waals surface area contributed by atoms with Gasteiger partial charge in [0.05, 0.1) is 11.2 Å². The SMILES string of the molecule is O=S(=O)(c1ccc2c(c1)OCCO2)c1nc(-c2ccco2)oc1NCc1ccccc1Cl. The van der Waals surface area contributed by atoms with Gasteiger partial charge in [-0.2, -0.15) is 4.98 Å². The van der Waals surface area contributed by atoms with E-state index in [1.807, 2.05) is 18.2 Å². The average molecular weight is 473 g/mol. The standard InChI is InChI=1S/C22H17ClN2O6S/c23-16-5-2-1-4-14(16)13-24-21-22(25-20(31-21)18-6-3-9-28-18)32(26,27)15-7-8-17-19(12-15)30-11-10-29-17/h1-9,12,24H,10-11,13H2. The Balaban J connectivity index is 1.55. The number of halogens is 1. The molecule has 5 rings (SSSR count). The number of ether oxygens (including phenoxy) is 2. The first-order valence-electron chi connectivity index (χ1n) is 9.69. The number of fused-ring (bicyclic) bond motifs is 1. The Morgan fingerprint density at radius 2 is 1.81 bits per heavy atom. The largest absolute Gasteiger partial charge is 0.486 e. The van der Waals surface area contributed by atoms with Crippen molar-refractivity contribution in [2.75, 3.05) is 18.5 Å². The van der Waals surface area contributed by atoms with Gasteiger partial charge in [0.2, 0.25) is 20.7 Å². The van der Waals surface area contributed by atoms with Crippen LogP contribution in [0.5, 0.6) is 11.5 Å². The summed E-state index contributed by atoms with van der Waals surface area (Å²) < 4.78 is 49.1. The molecule has 0 spiro atoms. The average Bonchev–Trinajstić information content (AvgIpc) is 3.48. The molecule has 8 nitrogen and oxygen atoms in total. The van der Waals surface area contributed by atoms with Crippen LogP contribution in [0.1, 0.15) is 5.56 Å². The monoisotopic (exact) mass is 472 g/mol. The lowest BCUT2D eigenvalue weighted by atomic mass is 10.2. The van der Waals surface area contributed by atoms with Crippen LogP contribution in [0.2, 0.25) is 5.02 Å². The number of benzene rings is 2. The van der Waals surface area contributed by atoms with Crippen molar-refractivity contribution in [2.24, 2.45) is 0 Å². The van der Waals surface area contributed by atoms with Crippen LogP contribution in [0.4, 0.5) is 5.88 Å². The zero-order valence-corrected chi connectivity index (χ0v) is 18.2. The van der Waals surface area contributed by atoms with Crippen LogP contribution in [0, 0.1) is 0 Å². The number of hydrogen-bond donors (Lipinski definition) is 1. The number of oxazole rings is 1. The molecule has 1 aliphatic heterocycles. The second kappa shape index (κ2) is 8.25. The predicted octanol–water partition coefficient (Wildman–Crippen LogP) is 4.80. The van der Waals surface area contributed by atoms with Gasteiger partial charge in [0.25, 0.3) is 5.89 Å². The number of anilines is 1. The molecule has 0 amide bonds. The summed E-state index contributed by atoms with van der Waals surface area (Å²) >= 11 is 6.22. The Kier molecular flexibility index (Phi) is 5.28. The van der Waals surface area contributed by atoms with Crippen molar-refractivity contribution in [3.63, 3.8) is 0 Å². The molecule has 2 aromatic heterocycles. The first kappa shape index (κ1) is 20.5. The minimum atomic E-state index is -4.07. The molecule has 3 heterocycles. The molecule has 0 fully saturated rings. The van der Waals surface area contributed by atoms with Gasteiger partial charge in [0.15, 0.2) is 17.3 Å². The summed E-state index contributed by atoms with van der Waals surface area (Å²) in [6.07, 6.45) is 1.45. The number of nitrogens with zero attached hydrogens (tertiary/aromatic N) is 1. The molecule has 1 N–H and O–H groups in total. The van der Waals surface area contributed by atoms with Gasteiger partial charge < -0.3 is 23.6 Å². The van der Waals surface area contributed by atoms with E-state index in [-0.39, 0.29) is 28.2 Å². The lowest BCUT2D eigenvalue weighted by Gasteiger charge is -2.18. The van der Waals surface area contributed by atoms with Gasteiger partial charge >= 0.3 is 0 Å². The molecule has 0 bridgehead atoms. The van der Waals surface area contributed by atoms with Gasteiger partial charge in [0, 0.05) is 17.6 Å². The molecule has 1 aliphatic rings. The molecule has 164 valence electrons. The lowest BCUT2D eigenvalue weighted by molar-refractivity contribution is 0.171. The van der Waals surface area contributed by atoms with E-state index in [0.29, 0.717) is 35.5 Å². The molecule has 10 heteroatoms. The molecule has 0 radical (unpaired) electrons. The number of rotatable bonds is 6. The molecule has 0 unspecified atom stereocenters. The van der Waals surface area contributed by atoms with E-state index in [1.165, 1.54) is 18.4 Å². The van der Waals surface area contributed by atoms with Crippen molar-refractivity contribution in [2.45, 2.75) is 16.5 Å². The van der Waals surface area contributed by atoms with E-state index in [1.54, 1.807) is 24.3 Å². The Bertz CT molecular complexity index is 1370. The van der Waals surface area contributed by atoms with Gasteiger partial charge in [-0.05, 0) is 35.9 Å². The van der Waals surface area contributed by atoms with Gasteiger partial charge in [-0.1, -0.05) is 29.8 Å². The van der Waals surface area contributed by atoms with Crippen LogP contribution in [0.3, 0.4) is 0 Å². The smallest absolute Gasteiger partial charge is 0.266 e. The summed E-state index contributed by atoms with van der Waals surface area (Å²) in [6, 6.07) is 14.9. The maximum atomic E-state index is 13.5. The predicted molar refractivity (Wildman–Crippen MR) is 116 cm³/mol. The first-order valence-corrected chi connectivity index (χ1v) is 11.6. The topological polar surface area (TPSA) is 104 Å². The van der Waals surface area contributed by atoms with Gasteiger partial charge in [0.1, 0.15) is 13.2 Å². The summed E-state index contributed by atoms with van der Waals surface area (Å²) in [6.45, 7) is 0.981. The molecule has 32 heavy (non-hydrogen) atoms. The highest BCUT2D eigenvalue weighted by atomic mass is 35.5. The van der Waals surface area contributed by atoms with Crippen LogP contribution in [0.15, 0.2) is 79.6 Å². The van der Waals surface area contributed by atoms with Gasteiger partial charge in [-0.15, -0.1) is 0 Å². The number of hydrogen-bond acceptors (Lipinski definition) is 8. The molecular weight excluding hydrogens is 456 g/mol. The highest BCUT2D eigenvalue weighted by Gasteiger charge is 2.30. The number of aromatic nitrogens is 1. The Hall–Kier alpha value is -3.43. The summed E-state index contributed by atoms with van der Waals surface area (Å²) in [4.78, 5) is 4.23. The maximum absolute atomic E-state index is 13.5. The van der Waals surface area contributed by atoms with Crippen LogP contribution in [-0.2, 0) is 16.4 Å². The van der Waals surface area contributed by atoms with Crippen molar-refractivity contribution < 1.29 is 26.7 Å². The van der Waals surface area contributed by atoms with Crippen LogP contribution < -0.4 is 14.8 Å². The Morgan fingerprint density at radius 3 is 2.59 bits per heavy atom. The maximum Gasteiger partial charge on any atom is 0.266 e. The van der Waals surface area contributed by atoms with E-state index in [9.17, 15) is 8.42 Å². The van der Waals surface area contributed by atoms with Crippen molar-refractivity contribution in [1.82, 2.24) is 4.98 Å². The number of sulfone groups is 1. The lowest BCUT2D eigenvalue weighted by Crippen LogP contribution is -2.16. The molecule has 0 atom stereocenters. The second-order valence-electron chi connectivity index (χ2n) is 6.88. The van der Waals surface area contributed by atoms with Crippen LogP contribution in [0.25, 0.3) is 11.7 Å². The number of furan rings is 1. The fourth-order valence-corrected chi connectivity index (χ4v) is 4.72. The summed E-state index contributed by atoms with van der Waals surface area (Å²) in [5, 5.41) is 3.27. The van der Waals surface area contributed by atoms with Crippen molar-refractivity contribution >= 4 is 27.3 Å². The van der Waals surface area contributed by atoms with E-state index in [4.69, 9.17) is 29.9 Å². The highest BCUT2D eigenvalue weighted by molar-refractivity contribution is 7.91. The van der Waals surface area contributed by atoms with Crippen LogP contribution in [-0.4, -0.2) is 26.6 Å². The van der Waals surface area contributed by atoms with Gasteiger partial charge in [-0.3, -0.25) is 0 Å². The van der Waals surface area contributed by atoms with Crippen molar-refractivity contribution in [3.05, 3.63) is 71.4 Å². The molecule has 2 aromatic carbocycles. The molecular formula is C22H17ClN2O6S. The minimum Gasteiger partial charge on any atom is -0.486 e. The number of nitrogens with one attached hydrogen (secondary N) is 1. The third kappa shape index (κ3) is 3.80. The quantitative estimate of drug-likeness (QED) is 0.426. The van der Waals surface area contributed by atoms with E-state index < -0.39 is 9.84 Å². The normalized spacial score (nSPS) is 13.2. The van der Waals surface area contributed by atoms with Crippen molar-refractivity contribution in [3.8, 4) is 23.1 Å². The summed E-state index contributed by atoms with van der Waals surface area (Å²) in [5.74, 6) is 1.16. The Labute approximate surface area is 188 Å². The van der Waals surface area contributed by atoms with E-state index in [0.717, 1.165) is 5.56 Å². The van der Waals surface area contributed by atoms with E-state index >= 15 is 0 Å². The fourth-order valence-electron chi connectivity index (χ4n) is 3.23. The summed E-state index contributed by atoms with van der Waals surface area (Å²) in [7, 11) is -4.07. The summed E-state index contributed by atoms with van der Waals surface area (Å²) in [5.41, 5.74) is 0.771. The molecule has 0 aliphatic carbocycles. The zero-order chi connectivity index (χ0) is 22.1. The van der Waals surface area contributed by atoms with Gasteiger partial charge in [-0.25, -0.2) is 8.42 Å². The minimum absolute atomic E-state index is 0.00170. The van der Waals surface area contributed by atoms with Crippen LogP contribution >= 0.6 is 11.6 Å². The van der Waals surface area contributed by atoms with Crippen molar-refractivity contribution in [1.29, 1.82) is 0 Å². The first-order chi connectivity index (χ1) is 15.5. The molecule has 0 saturated carbocycles. The fraction of sp³-hybridized carbons (Fsp3) is 0.136. The molecule has 0 saturated heterocycles. The molecule has 4 aromatic rings. The third-order valence-electron chi connectivity index (χ3n) is 4.80. The second-order valence-corrected chi connectivity index (χ2v) is 9.16. The highest BCUT2D eigenvalue weighted by Crippen LogP contribution is 2.37. The zero-order valence-electron chi connectivity index (χ0n) is 16.6. The third-order valence-corrected chi connectivity index (χ3v) is 6.83.